The van der Waals surface area contributed by atoms with Crippen LogP contribution in [0.15, 0.2) is 18.2 Å². The number of amides is 1. The molecule has 0 saturated carbocycles. The molecule has 100 valence electrons. The van der Waals surface area contributed by atoms with Crippen LogP contribution in [0.3, 0.4) is 0 Å². The van der Waals surface area contributed by atoms with E-state index in [0.717, 1.165) is 12.1 Å². The predicted octanol–water partition coefficient (Wildman–Crippen LogP) is 3.28. The Balaban J connectivity index is 3.18. The van der Waals surface area contributed by atoms with E-state index >= 15 is 0 Å². The fourth-order valence-electron chi connectivity index (χ4n) is 1.31. The van der Waals surface area contributed by atoms with Crippen molar-refractivity contribution in [3.8, 4) is 0 Å². The average molecular weight is 281 g/mol. The summed E-state index contributed by atoms with van der Waals surface area (Å²) in [6.45, 7) is 1.59. The number of hydrogen-bond donors (Lipinski definition) is 1. The lowest BCUT2D eigenvalue weighted by atomic mass is 10.1. The van der Waals surface area contributed by atoms with Crippen LogP contribution in [0.4, 0.5) is 17.6 Å². The lowest BCUT2D eigenvalue weighted by Crippen LogP contribution is -2.32. The molecule has 0 aromatic heterocycles. The molecule has 0 aliphatic rings. The zero-order valence-corrected chi connectivity index (χ0v) is 10.5. The van der Waals surface area contributed by atoms with Gasteiger partial charge in [0.25, 0.3) is 5.91 Å². The molecule has 0 fully saturated rings. The van der Waals surface area contributed by atoms with Gasteiger partial charge in [0.05, 0.1) is 16.5 Å². The molecule has 7 heteroatoms. The van der Waals surface area contributed by atoms with Crippen LogP contribution >= 0.6 is 11.8 Å². The largest absolute Gasteiger partial charge is 0.417 e. The Labute approximate surface area is 106 Å². The van der Waals surface area contributed by atoms with E-state index in [0.29, 0.717) is 6.07 Å². The maximum absolute atomic E-state index is 13.4. The molecule has 0 aliphatic heterocycles. The monoisotopic (exact) mass is 281 g/mol. The molecule has 0 radical (unpaired) electrons. The molecule has 1 unspecified atom stereocenters. The second kappa shape index (κ2) is 5.60. The van der Waals surface area contributed by atoms with E-state index < -0.39 is 34.4 Å². The van der Waals surface area contributed by atoms with Crippen molar-refractivity contribution in [2.24, 2.45) is 0 Å². The van der Waals surface area contributed by atoms with Crippen molar-refractivity contribution >= 4 is 17.7 Å². The Bertz CT molecular complexity index is 447. The minimum Gasteiger partial charge on any atom is -0.340 e. The van der Waals surface area contributed by atoms with Crippen LogP contribution in [-0.4, -0.2) is 17.5 Å². The average Bonchev–Trinajstić information content (AvgIpc) is 2.27. The third-order valence-electron chi connectivity index (χ3n) is 2.23. The summed E-state index contributed by atoms with van der Waals surface area (Å²) in [5.74, 6) is -2.25. The molecule has 0 spiro atoms. The Morgan fingerprint density at radius 1 is 1.39 bits per heavy atom. The summed E-state index contributed by atoms with van der Waals surface area (Å²) in [4.78, 5) is 11.6. The summed E-state index contributed by atoms with van der Waals surface area (Å²) in [5.41, 5.74) is -2.24. The zero-order valence-electron chi connectivity index (χ0n) is 9.64. The molecule has 2 nitrogen and oxygen atoms in total. The highest BCUT2D eigenvalue weighted by molar-refractivity contribution is 7.99. The van der Waals surface area contributed by atoms with Crippen LogP contribution in [0.1, 0.15) is 22.8 Å². The summed E-state index contributed by atoms with van der Waals surface area (Å²) in [6.07, 6.45) is -3.09. The minimum atomic E-state index is -4.77. The molecule has 0 saturated heterocycles. The fourth-order valence-corrected chi connectivity index (χ4v) is 1.53. The van der Waals surface area contributed by atoms with E-state index in [2.05, 4.69) is 5.32 Å². The van der Waals surface area contributed by atoms with E-state index in [-0.39, 0.29) is 0 Å². The van der Waals surface area contributed by atoms with Gasteiger partial charge in [0, 0.05) is 0 Å². The number of nitrogens with one attached hydrogen (secondary N) is 1. The van der Waals surface area contributed by atoms with Crippen molar-refractivity contribution in [2.45, 2.75) is 18.5 Å². The topological polar surface area (TPSA) is 29.1 Å². The van der Waals surface area contributed by atoms with Gasteiger partial charge in [-0.15, -0.1) is 11.8 Å². The molecule has 0 heterocycles. The van der Waals surface area contributed by atoms with Gasteiger partial charge < -0.3 is 5.32 Å². The number of thioether (sulfide) groups is 1. The summed E-state index contributed by atoms with van der Waals surface area (Å²) in [5, 5.41) is 1.88. The van der Waals surface area contributed by atoms with Crippen molar-refractivity contribution < 1.29 is 22.4 Å². The molecular formula is C11H11F4NOS. The van der Waals surface area contributed by atoms with Crippen molar-refractivity contribution in [1.29, 1.82) is 0 Å². The lowest BCUT2D eigenvalue weighted by molar-refractivity contribution is -0.138. The SMILES string of the molecule is CSC(C)NC(=O)c1c(F)cccc1C(F)(F)F. The van der Waals surface area contributed by atoms with E-state index in [4.69, 9.17) is 0 Å². The second-order valence-electron chi connectivity index (χ2n) is 3.51. The third-order valence-corrected chi connectivity index (χ3v) is 3.06. The number of halogens is 4. The molecule has 1 amide bonds. The lowest BCUT2D eigenvalue weighted by Gasteiger charge is -2.15. The smallest absolute Gasteiger partial charge is 0.340 e. The van der Waals surface area contributed by atoms with Crippen LogP contribution in [0.5, 0.6) is 0 Å². The second-order valence-corrected chi connectivity index (χ2v) is 4.69. The van der Waals surface area contributed by atoms with E-state index in [9.17, 15) is 22.4 Å². The Hall–Kier alpha value is -1.24. The first-order valence-corrected chi connectivity index (χ1v) is 6.25. The first-order chi connectivity index (χ1) is 8.27. The minimum absolute atomic E-state index is 0.404. The molecule has 1 aromatic carbocycles. The first kappa shape index (κ1) is 14.8. The number of benzene rings is 1. The van der Waals surface area contributed by atoms with Crippen LogP contribution < -0.4 is 5.32 Å². The van der Waals surface area contributed by atoms with Crippen molar-refractivity contribution in [2.75, 3.05) is 6.26 Å². The molecule has 0 bridgehead atoms. The number of carbonyl (C=O) groups is 1. The Kier molecular flexibility index (Phi) is 4.61. The van der Waals surface area contributed by atoms with Gasteiger partial charge in [-0.2, -0.15) is 13.2 Å². The van der Waals surface area contributed by atoms with Gasteiger partial charge in [-0.25, -0.2) is 4.39 Å². The van der Waals surface area contributed by atoms with Gasteiger partial charge in [0.1, 0.15) is 5.82 Å². The highest BCUT2D eigenvalue weighted by Crippen LogP contribution is 2.33. The van der Waals surface area contributed by atoms with E-state index in [1.54, 1.807) is 13.2 Å². The molecule has 1 N–H and O–H groups in total. The quantitative estimate of drug-likeness (QED) is 0.680. The van der Waals surface area contributed by atoms with Crippen LogP contribution in [-0.2, 0) is 6.18 Å². The molecule has 0 aliphatic carbocycles. The van der Waals surface area contributed by atoms with Crippen molar-refractivity contribution in [1.82, 2.24) is 5.32 Å². The van der Waals surface area contributed by atoms with Crippen LogP contribution in [0.2, 0.25) is 0 Å². The number of carbonyl (C=O) groups excluding carboxylic acids is 1. The van der Waals surface area contributed by atoms with Gasteiger partial charge in [-0.1, -0.05) is 6.07 Å². The first-order valence-electron chi connectivity index (χ1n) is 4.96. The van der Waals surface area contributed by atoms with Gasteiger partial charge in [-0.05, 0) is 25.3 Å². The van der Waals surface area contributed by atoms with Gasteiger partial charge in [0.2, 0.25) is 0 Å². The maximum Gasteiger partial charge on any atom is 0.417 e. The normalized spacial score (nSPS) is 13.2. The summed E-state index contributed by atoms with van der Waals surface area (Å²) in [7, 11) is 0. The third kappa shape index (κ3) is 3.38. The van der Waals surface area contributed by atoms with Gasteiger partial charge >= 0.3 is 6.18 Å². The van der Waals surface area contributed by atoms with E-state index in [1.165, 1.54) is 11.8 Å². The van der Waals surface area contributed by atoms with Crippen LogP contribution in [0.25, 0.3) is 0 Å². The van der Waals surface area contributed by atoms with Crippen molar-refractivity contribution in [3.63, 3.8) is 0 Å². The van der Waals surface area contributed by atoms with Crippen LogP contribution in [0, 0.1) is 5.82 Å². The highest BCUT2D eigenvalue weighted by Gasteiger charge is 2.36. The molecular weight excluding hydrogens is 270 g/mol. The number of hydrogen-bond acceptors (Lipinski definition) is 2. The number of rotatable bonds is 3. The maximum atomic E-state index is 13.4. The number of alkyl halides is 3. The Morgan fingerprint density at radius 2 is 2.00 bits per heavy atom. The highest BCUT2D eigenvalue weighted by atomic mass is 32.2. The molecule has 18 heavy (non-hydrogen) atoms. The standard InChI is InChI=1S/C11H11F4NOS/c1-6(18-2)16-10(17)9-7(11(13,14)15)4-3-5-8(9)12/h3-6H,1-2H3,(H,16,17). The van der Waals surface area contributed by atoms with Crippen molar-refractivity contribution in [3.05, 3.63) is 35.1 Å². The fraction of sp³-hybridized carbons (Fsp3) is 0.364. The summed E-state index contributed by atoms with van der Waals surface area (Å²) in [6, 6.07) is 2.43. The van der Waals surface area contributed by atoms with Gasteiger partial charge in [0.15, 0.2) is 0 Å². The van der Waals surface area contributed by atoms with Gasteiger partial charge in [-0.3, -0.25) is 4.79 Å². The Morgan fingerprint density at radius 3 is 2.50 bits per heavy atom. The molecule has 1 rings (SSSR count). The summed E-state index contributed by atoms with van der Waals surface area (Å²) < 4.78 is 51.4. The molecule has 1 aromatic rings. The predicted molar refractivity (Wildman–Crippen MR) is 61.8 cm³/mol. The zero-order chi connectivity index (χ0) is 13.9. The van der Waals surface area contributed by atoms with E-state index in [1.807, 2.05) is 0 Å². The summed E-state index contributed by atoms with van der Waals surface area (Å²) >= 11 is 1.23. The molecule has 1 atom stereocenters.